The first-order valence-electron chi connectivity index (χ1n) is 5.68. The molecule has 3 nitrogen and oxygen atoms in total. The first-order valence-corrected chi connectivity index (χ1v) is 6.46. The fraction of sp³-hybridized carbons (Fsp3) is 0.231. The third-order valence-corrected chi connectivity index (χ3v) is 3.82. The Morgan fingerprint density at radius 3 is 2.88 bits per heavy atom. The molecule has 0 saturated heterocycles. The Hall–Kier alpha value is -1.68. The number of nitrogens with zero attached hydrogens (tertiary/aromatic N) is 1. The average molecular weight is 244 g/mol. The predicted octanol–water partition coefficient (Wildman–Crippen LogP) is 2.88. The quantitative estimate of drug-likeness (QED) is 0.882. The fourth-order valence-corrected chi connectivity index (χ4v) is 2.96. The van der Waals surface area contributed by atoms with Crippen LogP contribution in [0.3, 0.4) is 0 Å². The van der Waals surface area contributed by atoms with E-state index in [9.17, 15) is 4.79 Å². The molecule has 0 spiro atoms. The molecule has 1 heterocycles. The topological polar surface area (TPSA) is 42.0 Å². The summed E-state index contributed by atoms with van der Waals surface area (Å²) in [5.41, 5.74) is 3.09. The van der Waals surface area contributed by atoms with Gasteiger partial charge in [-0.05, 0) is 42.9 Å². The van der Waals surface area contributed by atoms with Crippen LogP contribution in [-0.2, 0) is 12.8 Å². The lowest BCUT2D eigenvalue weighted by atomic mass is 10.2. The van der Waals surface area contributed by atoms with Crippen LogP contribution < -0.4 is 5.32 Å². The number of hydrogen-bond donors (Lipinski definition) is 1. The Kier molecular flexibility index (Phi) is 2.65. The van der Waals surface area contributed by atoms with E-state index < -0.39 is 0 Å². The van der Waals surface area contributed by atoms with Gasteiger partial charge in [-0.15, -0.1) is 0 Å². The molecule has 0 bridgehead atoms. The second kappa shape index (κ2) is 4.30. The van der Waals surface area contributed by atoms with Crippen molar-refractivity contribution >= 4 is 22.4 Å². The second-order valence-electron chi connectivity index (χ2n) is 4.11. The van der Waals surface area contributed by atoms with Crippen LogP contribution in [0.2, 0.25) is 0 Å². The smallest absolute Gasteiger partial charge is 0.256 e. The number of carbonyl (C=O) groups is 1. The SMILES string of the molecule is O=C(Nc1snc2c1CCC2)c1ccccc1. The summed E-state index contributed by atoms with van der Waals surface area (Å²) in [6.07, 6.45) is 3.24. The van der Waals surface area contributed by atoms with E-state index in [-0.39, 0.29) is 5.91 Å². The Morgan fingerprint density at radius 2 is 2.06 bits per heavy atom. The molecule has 0 aliphatic heterocycles. The molecule has 1 aliphatic rings. The van der Waals surface area contributed by atoms with Gasteiger partial charge in [-0.25, -0.2) is 0 Å². The van der Waals surface area contributed by atoms with Gasteiger partial charge in [-0.2, -0.15) is 4.37 Å². The van der Waals surface area contributed by atoms with Crippen LogP contribution in [0, 0.1) is 0 Å². The van der Waals surface area contributed by atoms with Crippen molar-refractivity contribution in [2.24, 2.45) is 0 Å². The number of aromatic nitrogens is 1. The lowest BCUT2D eigenvalue weighted by Gasteiger charge is -2.03. The lowest BCUT2D eigenvalue weighted by Crippen LogP contribution is -2.11. The molecule has 0 saturated carbocycles. The first-order chi connectivity index (χ1) is 8.34. The maximum atomic E-state index is 12.0. The van der Waals surface area contributed by atoms with Crippen LogP contribution in [0.4, 0.5) is 5.00 Å². The highest BCUT2D eigenvalue weighted by atomic mass is 32.1. The average Bonchev–Trinajstić information content (AvgIpc) is 2.95. The molecule has 1 aliphatic carbocycles. The van der Waals surface area contributed by atoms with Crippen LogP contribution >= 0.6 is 11.5 Å². The Labute approximate surface area is 104 Å². The van der Waals surface area contributed by atoms with E-state index >= 15 is 0 Å². The molecule has 86 valence electrons. The molecule has 0 atom stereocenters. The molecule has 2 aromatic rings. The van der Waals surface area contributed by atoms with E-state index in [4.69, 9.17) is 0 Å². The summed E-state index contributed by atoms with van der Waals surface area (Å²) < 4.78 is 4.37. The Balaban J connectivity index is 1.81. The minimum atomic E-state index is -0.0519. The van der Waals surface area contributed by atoms with Crippen LogP contribution in [-0.4, -0.2) is 10.3 Å². The van der Waals surface area contributed by atoms with Crippen molar-refractivity contribution in [2.45, 2.75) is 19.3 Å². The number of anilines is 1. The van der Waals surface area contributed by atoms with Crippen molar-refractivity contribution in [3.8, 4) is 0 Å². The van der Waals surface area contributed by atoms with Crippen LogP contribution in [0.5, 0.6) is 0 Å². The van der Waals surface area contributed by atoms with Gasteiger partial charge >= 0.3 is 0 Å². The maximum absolute atomic E-state index is 12.0. The standard InChI is InChI=1S/C13H12N2OS/c16-12(9-5-2-1-3-6-9)14-13-10-7-4-8-11(10)15-17-13/h1-3,5-6H,4,7-8H2,(H,14,16). The predicted molar refractivity (Wildman–Crippen MR) is 68.5 cm³/mol. The number of aryl methyl sites for hydroxylation is 1. The van der Waals surface area contributed by atoms with Crippen molar-refractivity contribution < 1.29 is 4.79 Å². The van der Waals surface area contributed by atoms with Gasteiger partial charge < -0.3 is 5.32 Å². The third kappa shape index (κ3) is 1.96. The second-order valence-corrected chi connectivity index (χ2v) is 4.88. The van der Waals surface area contributed by atoms with Crippen LogP contribution in [0.25, 0.3) is 0 Å². The van der Waals surface area contributed by atoms with Crippen molar-refractivity contribution in [1.82, 2.24) is 4.37 Å². The maximum Gasteiger partial charge on any atom is 0.256 e. The first kappa shape index (κ1) is 10.5. The van der Waals surface area contributed by atoms with Crippen molar-refractivity contribution in [3.05, 3.63) is 47.2 Å². The molecule has 0 radical (unpaired) electrons. The number of carbonyl (C=O) groups excluding carboxylic acids is 1. The molecule has 1 aromatic carbocycles. The highest BCUT2D eigenvalue weighted by Gasteiger charge is 2.20. The van der Waals surface area contributed by atoms with Crippen molar-refractivity contribution in [2.75, 3.05) is 5.32 Å². The number of amides is 1. The zero-order valence-corrected chi connectivity index (χ0v) is 10.1. The number of nitrogens with one attached hydrogen (secondary N) is 1. The summed E-state index contributed by atoms with van der Waals surface area (Å²) in [5.74, 6) is -0.0519. The Morgan fingerprint density at radius 1 is 1.24 bits per heavy atom. The minimum Gasteiger partial charge on any atom is -0.312 e. The van der Waals surface area contributed by atoms with E-state index in [2.05, 4.69) is 9.69 Å². The molecule has 3 rings (SSSR count). The summed E-state index contributed by atoms with van der Waals surface area (Å²) in [7, 11) is 0. The summed E-state index contributed by atoms with van der Waals surface area (Å²) >= 11 is 1.39. The van der Waals surface area contributed by atoms with Gasteiger partial charge in [0.25, 0.3) is 5.91 Å². The highest BCUT2D eigenvalue weighted by Crippen LogP contribution is 2.32. The summed E-state index contributed by atoms with van der Waals surface area (Å²) in [6, 6.07) is 9.27. The number of hydrogen-bond acceptors (Lipinski definition) is 3. The molecule has 17 heavy (non-hydrogen) atoms. The fourth-order valence-electron chi connectivity index (χ4n) is 2.09. The molecule has 1 aromatic heterocycles. The molecule has 0 fully saturated rings. The van der Waals surface area contributed by atoms with Gasteiger partial charge in [0.1, 0.15) is 5.00 Å². The van der Waals surface area contributed by atoms with Gasteiger partial charge in [0.05, 0.1) is 5.69 Å². The zero-order chi connectivity index (χ0) is 11.7. The summed E-state index contributed by atoms with van der Waals surface area (Å²) in [4.78, 5) is 12.0. The van der Waals surface area contributed by atoms with Gasteiger partial charge in [-0.1, -0.05) is 18.2 Å². The van der Waals surface area contributed by atoms with Gasteiger partial charge in [0, 0.05) is 11.1 Å². The monoisotopic (exact) mass is 244 g/mol. The van der Waals surface area contributed by atoms with E-state index in [0.29, 0.717) is 5.56 Å². The highest BCUT2D eigenvalue weighted by molar-refractivity contribution is 7.10. The van der Waals surface area contributed by atoms with Gasteiger partial charge in [0.15, 0.2) is 0 Å². The van der Waals surface area contributed by atoms with E-state index in [1.54, 1.807) is 0 Å². The molecular weight excluding hydrogens is 232 g/mol. The number of benzene rings is 1. The molecule has 1 amide bonds. The number of rotatable bonds is 2. The van der Waals surface area contributed by atoms with Gasteiger partial charge in [-0.3, -0.25) is 4.79 Å². The molecule has 1 N–H and O–H groups in total. The van der Waals surface area contributed by atoms with Crippen molar-refractivity contribution in [3.63, 3.8) is 0 Å². The lowest BCUT2D eigenvalue weighted by molar-refractivity contribution is 0.102. The normalized spacial score (nSPS) is 13.4. The third-order valence-electron chi connectivity index (χ3n) is 2.97. The van der Waals surface area contributed by atoms with E-state index in [0.717, 1.165) is 24.3 Å². The van der Waals surface area contributed by atoms with Gasteiger partial charge in [0.2, 0.25) is 0 Å². The van der Waals surface area contributed by atoms with Crippen LogP contribution in [0.1, 0.15) is 28.0 Å². The van der Waals surface area contributed by atoms with E-state index in [1.165, 1.54) is 22.8 Å². The number of fused-ring (bicyclic) bond motifs is 1. The van der Waals surface area contributed by atoms with Crippen molar-refractivity contribution in [1.29, 1.82) is 0 Å². The molecule has 4 heteroatoms. The van der Waals surface area contributed by atoms with E-state index in [1.807, 2.05) is 30.3 Å². The zero-order valence-electron chi connectivity index (χ0n) is 9.27. The molecular formula is C13H12N2OS. The summed E-state index contributed by atoms with van der Waals surface area (Å²) in [6.45, 7) is 0. The summed E-state index contributed by atoms with van der Waals surface area (Å²) in [5, 5.41) is 3.88. The largest absolute Gasteiger partial charge is 0.312 e. The minimum absolute atomic E-state index is 0.0519. The molecule has 0 unspecified atom stereocenters. The Bertz CT molecular complexity index is 548. The van der Waals surface area contributed by atoms with Crippen LogP contribution in [0.15, 0.2) is 30.3 Å².